The van der Waals surface area contributed by atoms with E-state index in [0.29, 0.717) is 12.2 Å². The number of rotatable bonds is 8. The fourth-order valence-electron chi connectivity index (χ4n) is 3.84. The van der Waals surface area contributed by atoms with Crippen LogP contribution < -0.4 is 4.74 Å². The molecule has 0 fully saturated rings. The van der Waals surface area contributed by atoms with Crippen molar-refractivity contribution in [2.24, 2.45) is 0 Å². The highest BCUT2D eigenvalue weighted by molar-refractivity contribution is 6.32. The summed E-state index contributed by atoms with van der Waals surface area (Å²) >= 11 is 6.26. The van der Waals surface area contributed by atoms with E-state index in [1.54, 1.807) is 0 Å². The highest BCUT2D eigenvalue weighted by Gasteiger charge is 2.17. The van der Waals surface area contributed by atoms with Crippen LogP contribution in [0.4, 0.5) is 0 Å². The van der Waals surface area contributed by atoms with Gasteiger partial charge in [-0.05, 0) is 85.2 Å². The van der Waals surface area contributed by atoms with Gasteiger partial charge >= 0.3 is 5.97 Å². The number of methoxy groups -OCH3 is 1. The summed E-state index contributed by atoms with van der Waals surface area (Å²) in [7, 11) is 1.42. The van der Waals surface area contributed by atoms with E-state index in [9.17, 15) is 4.79 Å². The Kier molecular flexibility index (Phi) is 8.13. The van der Waals surface area contributed by atoms with Crippen LogP contribution in [0.5, 0.6) is 5.75 Å². The average Bonchev–Trinajstić information content (AvgIpc) is 2.79. The van der Waals surface area contributed by atoms with Crippen molar-refractivity contribution in [2.75, 3.05) is 13.7 Å². The molecule has 4 heteroatoms. The maximum Gasteiger partial charge on any atom is 0.338 e. The largest absolute Gasteiger partial charge is 0.494 e. The molecule has 3 nitrogen and oxygen atoms in total. The number of hydrogen-bond acceptors (Lipinski definition) is 3. The van der Waals surface area contributed by atoms with Crippen LogP contribution in [0.3, 0.4) is 0 Å². The summed E-state index contributed by atoms with van der Waals surface area (Å²) in [6, 6.07) is 19.8. The standard InChI is InChI=1S/C28H29ClO3/c1-19-10-8-14-25(28(30)31-4)26(19)23(18-22-11-6-5-7-12-22)13-9-15-32-24-16-20(2)27(29)21(3)17-24/h5-8,10-12,14,16-18H,9,13,15H2,1-4H3/b23-18-. The van der Waals surface area contributed by atoms with Crippen LogP contribution in [0, 0.1) is 20.8 Å². The zero-order chi connectivity index (χ0) is 23.1. The highest BCUT2D eigenvalue weighted by atomic mass is 35.5. The minimum atomic E-state index is -0.328. The molecule has 0 aliphatic heterocycles. The SMILES string of the molecule is COC(=O)c1cccc(C)c1/C(=C\c1ccccc1)CCCOc1cc(C)c(Cl)c(C)c1. The topological polar surface area (TPSA) is 35.5 Å². The minimum Gasteiger partial charge on any atom is -0.494 e. The molecule has 0 aromatic heterocycles. The second kappa shape index (κ2) is 11.0. The van der Waals surface area contributed by atoms with Gasteiger partial charge in [0.05, 0.1) is 19.3 Å². The molecule has 3 aromatic rings. The number of aryl methyl sites for hydroxylation is 3. The van der Waals surface area contributed by atoms with E-state index in [4.69, 9.17) is 21.1 Å². The summed E-state index contributed by atoms with van der Waals surface area (Å²) in [6.45, 7) is 6.55. The van der Waals surface area contributed by atoms with Crippen LogP contribution in [0.1, 0.15) is 51.0 Å². The molecule has 3 rings (SSSR count). The summed E-state index contributed by atoms with van der Waals surface area (Å²) in [4.78, 5) is 12.5. The second-order valence-electron chi connectivity index (χ2n) is 7.89. The Labute approximate surface area is 195 Å². The van der Waals surface area contributed by atoms with Gasteiger partial charge in [0.15, 0.2) is 0 Å². The van der Waals surface area contributed by atoms with Crippen molar-refractivity contribution in [1.82, 2.24) is 0 Å². The van der Waals surface area contributed by atoms with Gasteiger partial charge in [0, 0.05) is 5.02 Å². The smallest absolute Gasteiger partial charge is 0.338 e. The number of allylic oxidation sites excluding steroid dienone is 1. The first-order chi connectivity index (χ1) is 15.4. The van der Waals surface area contributed by atoms with Crippen molar-refractivity contribution < 1.29 is 14.3 Å². The van der Waals surface area contributed by atoms with Crippen LogP contribution in [-0.4, -0.2) is 19.7 Å². The van der Waals surface area contributed by atoms with Crippen LogP contribution >= 0.6 is 11.6 Å². The molecular formula is C28H29ClO3. The second-order valence-corrected chi connectivity index (χ2v) is 8.27. The predicted octanol–water partition coefficient (Wildman–Crippen LogP) is 7.45. The van der Waals surface area contributed by atoms with Gasteiger partial charge in [-0.1, -0.05) is 60.1 Å². The molecule has 0 aliphatic carbocycles. The van der Waals surface area contributed by atoms with Crippen molar-refractivity contribution in [3.63, 3.8) is 0 Å². The number of esters is 1. The lowest BCUT2D eigenvalue weighted by Crippen LogP contribution is -2.08. The van der Waals surface area contributed by atoms with Crippen molar-refractivity contribution in [3.05, 3.63) is 99.1 Å². The predicted molar refractivity (Wildman–Crippen MR) is 132 cm³/mol. The van der Waals surface area contributed by atoms with E-state index in [1.807, 2.05) is 69.3 Å². The van der Waals surface area contributed by atoms with Gasteiger partial charge in [-0.15, -0.1) is 0 Å². The molecule has 0 aliphatic rings. The van der Waals surface area contributed by atoms with Crippen LogP contribution in [0.25, 0.3) is 11.6 Å². The molecule has 166 valence electrons. The number of benzene rings is 3. The number of carbonyl (C=O) groups is 1. The van der Waals surface area contributed by atoms with Gasteiger partial charge in [-0.3, -0.25) is 0 Å². The van der Waals surface area contributed by atoms with Gasteiger partial charge in [-0.25, -0.2) is 4.79 Å². The van der Waals surface area contributed by atoms with Gasteiger partial charge in [-0.2, -0.15) is 0 Å². The first kappa shape index (κ1) is 23.6. The lowest BCUT2D eigenvalue weighted by Gasteiger charge is -2.16. The quantitative estimate of drug-likeness (QED) is 0.204. The molecule has 0 radical (unpaired) electrons. The molecular weight excluding hydrogens is 420 g/mol. The highest BCUT2D eigenvalue weighted by Crippen LogP contribution is 2.30. The third-order valence-corrected chi connectivity index (χ3v) is 6.01. The van der Waals surface area contributed by atoms with E-state index >= 15 is 0 Å². The maximum atomic E-state index is 12.5. The summed E-state index contributed by atoms with van der Waals surface area (Å²) < 4.78 is 11.1. The van der Waals surface area contributed by atoms with Crippen LogP contribution in [-0.2, 0) is 4.74 Å². The maximum absolute atomic E-state index is 12.5. The average molecular weight is 449 g/mol. The van der Waals surface area contributed by atoms with Gasteiger partial charge < -0.3 is 9.47 Å². The molecule has 0 atom stereocenters. The first-order valence-corrected chi connectivity index (χ1v) is 11.1. The molecule has 3 aromatic carbocycles. The Morgan fingerprint density at radius 3 is 2.28 bits per heavy atom. The van der Waals surface area contributed by atoms with E-state index in [-0.39, 0.29) is 5.97 Å². The minimum absolute atomic E-state index is 0.328. The molecule has 0 heterocycles. The number of hydrogen-bond donors (Lipinski definition) is 0. The summed E-state index contributed by atoms with van der Waals surface area (Å²) in [5.41, 5.74) is 6.75. The molecule has 32 heavy (non-hydrogen) atoms. The molecule has 0 spiro atoms. The normalized spacial score (nSPS) is 11.3. The Bertz CT molecular complexity index is 1090. The molecule has 0 saturated heterocycles. The molecule has 0 N–H and O–H groups in total. The number of halogens is 1. The van der Waals surface area contributed by atoms with Crippen LogP contribution in [0.15, 0.2) is 60.7 Å². The lowest BCUT2D eigenvalue weighted by molar-refractivity contribution is 0.0600. The van der Waals surface area contributed by atoms with E-state index < -0.39 is 0 Å². The zero-order valence-corrected chi connectivity index (χ0v) is 19.8. The molecule has 0 unspecified atom stereocenters. The number of ether oxygens (including phenoxy) is 2. The molecule has 0 bridgehead atoms. The van der Waals surface area contributed by atoms with E-state index in [0.717, 1.165) is 57.0 Å². The Morgan fingerprint density at radius 1 is 0.938 bits per heavy atom. The van der Waals surface area contributed by atoms with Crippen molar-refractivity contribution in [2.45, 2.75) is 33.6 Å². The summed E-state index contributed by atoms with van der Waals surface area (Å²) in [5.74, 6) is 0.496. The third kappa shape index (κ3) is 5.80. The van der Waals surface area contributed by atoms with Crippen molar-refractivity contribution in [3.8, 4) is 5.75 Å². The van der Waals surface area contributed by atoms with Crippen LogP contribution in [0.2, 0.25) is 5.02 Å². The van der Waals surface area contributed by atoms with Gasteiger partial charge in [0.2, 0.25) is 0 Å². The first-order valence-electron chi connectivity index (χ1n) is 10.7. The molecule has 0 amide bonds. The lowest BCUT2D eigenvalue weighted by atomic mass is 9.90. The Hall–Kier alpha value is -3.04. The summed E-state index contributed by atoms with van der Waals surface area (Å²) in [6.07, 6.45) is 3.70. The van der Waals surface area contributed by atoms with Crippen molar-refractivity contribution in [1.29, 1.82) is 0 Å². The zero-order valence-electron chi connectivity index (χ0n) is 19.1. The fraction of sp³-hybridized carbons (Fsp3) is 0.250. The third-order valence-electron chi connectivity index (χ3n) is 5.41. The Balaban J connectivity index is 1.84. The van der Waals surface area contributed by atoms with Gasteiger partial charge in [0.25, 0.3) is 0 Å². The van der Waals surface area contributed by atoms with E-state index in [1.165, 1.54) is 7.11 Å². The Morgan fingerprint density at radius 2 is 1.62 bits per heavy atom. The molecule has 0 saturated carbocycles. The van der Waals surface area contributed by atoms with E-state index in [2.05, 4.69) is 18.2 Å². The van der Waals surface area contributed by atoms with Gasteiger partial charge in [0.1, 0.15) is 5.75 Å². The fourth-order valence-corrected chi connectivity index (χ4v) is 3.95. The number of carbonyl (C=O) groups excluding carboxylic acids is 1. The summed E-state index contributed by atoms with van der Waals surface area (Å²) in [5, 5.41) is 0.778. The monoisotopic (exact) mass is 448 g/mol. The van der Waals surface area contributed by atoms with Crippen molar-refractivity contribution >= 4 is 29.2 Å².